The van der Waals surface area contributed by atoms with E-state index in [0.29, 0.717) is 0 Å². The Kier molecular flexibility index (Phi) is 2.72. The molecule has 4 N–H and O–H groups in total. The van der Waals surface area contributed by atoms with Crippen LogP contribution in [0.15, 0.2) is 60.7 Å². The van der Waals surface area contributed by atoms with Crippen molar-refractivity contribution in [1.82, 2.24) is 0 Å². The molecule has 3 rings (SSSR count). The van der Waals surface area contributed by atoms with Crippen molar-refractivity contribution in [2.24, 2.45) is 0 Å². The van der Waals surface area contributed by atoms with Crippen molar-refractivity contribution < 1.29 is 4.74 Å². The van der Waals surface area contributed by atoms with E-state index >= 15 is 0 Å². The van der Waals surface area contributed by atoms with Crippen molar-refractivity contribution in [3.63, 3.8) is 0 Å². The van der Waals surface area contributed by atoms with Crippen LogP contribution in [0.5, 0.6) is 11.5 Å². The van der Waals surface area contributed by atoms with Gasteiger partial charge in [0.15, 0.2) is 0 Å². The van der Waals surface area contributed by atoms with E-state index in [1.807, 2.05) is 60.7 Å². The summed E-state index contributed by atoms with van der Waals surface area (Å²) in [5, 5.41) is 2.00. The average Bonchev–Trinajstić information content (AvgIpc) is 2.43. The van der Waals surface area contributed by atoms with Crippen LogP contribution in [-0.2, 0) is 0 Å². The van der Waals surface area contributed by atoms with Gasteiger partial charge in [-0.15, -0.1) is 0 Å². The van der Waals surface area contributed by atoms with E-state index in [1.54, 1.807) is 0 Å². The number of rotatable bonds is 2. The highest BCUT2D eigenvalue weighted by Crippen LogP contribution is 2.32. The molecule has 0 aliphatic rings. The number of nitrogens with two attached hydrogens (primary N) is 2. The fraction of sp³-hybridized carbons (Fsp3) is 0. The van der Waals surface area contributed by atoms with E-state index in [1.165, 1.54) is 0 Å². The minimum Gasteiger partial charge on any atom is -0.457 e. The van der Waals surface area contributed by atoms with Crippen LogP contribution >= 0.6 is 0 Å². The summed E-state index contributed by atoms with van der Waals surface area (Å²) in [6.45, 7) is 0. The van der Waals surface area contributed by atoms with Crippen molar-refractivity contribution in [2.45, 2.75) is 0 Å². The molecule has 94 valence electrons. The van der Waals surface area contributed by atoms with Crippen molar-refractivity contribution in [3.8, 4) is 11.5 Å². The van der Waals surface area contributed by atoms with Gasteiger partial charge in [0, 0.05) is 22.1 Å². The summed E-state index contributed by atoms with van der Waals surface area (Å²) in [6, 6.07) is 19.0. The normalized spacial score (nSPS) is 10.5. The van der Waals surface area contributed by atoms with E-state index < -0.39 is 0 Å². The highest BCUT2D eigenvalue weighted by atomic mass is 16.5. The quantitative estimate of drug-likeness (QED) is 0.680. The lowest BCUT2D eigenvalue weighted by Crippen LogP contribution is -1.90. The van der Waals surface area contributed by atoms with Crippen LogP contribution in [0.25, 0.3) is 10.8 Å². The zero-order chi connectivity index (χ0) is 13.2. The first-order valence-electron chi connectivity index (χ1n) is 6.04. The van der Waals surface area contributed by atoms with Gasteiger partial charge in [-0.3, -0.25) is 0 Å². The second-order valence-corrected chi connectivity index (χ2v) is 4.37. The maximum atomic E-state index is 5.97. The van der Waals surface area contributed by atoms with Crippen LogP contribution in [0, 0.1) is 0 Å². The Balaban J connectivity index is 2.06. The van der Waals surface area contributed by atoms with Gasteiger partial charge < -0.3 is 16.2 Å². The average molecular weight is 250 g/mol. The first kappa shape index (κ1) is 11.4. The lowest BCUT2D eigenvalue weighted by atomic mass is 10.1. The largest absolute Gasteiger partial charge is 0.457 e. The third kappa shape index (κ3) is 2.18. The van der Waals surface area contributed by atoms with Gasteiger partial charge in [0.2, 0.25) is 0 Å². The summed E-state index contributed by atoms with van der Waals surface area (Å²) in [5.41, 5.74) is 13.1. The molecule has 0 amide bonds. The lowest BCUT2D eigenvalue weighted by Gasteiger charge is -2.10. The first-order chi connectivity index (χ1) is 9.24. The van der Waals surface area contributed by atoms with Gasteiger partial charge in [0.05, 0.1) is 0 Å². The Bertz CT molecular complexity index is 720. The van der Waals surface area contributed by atoms with Gasteiger partial charge in [-0.2, -0.15) is 0 Å². The van der Waals surface area contributed by atoms with Gasteiger partial charge in [0.25, 0.3) is 0 Å². The predicted molar refractivity (Wildman–Crippen MR) is 79.3 cm³/mol. The molecule has 19 heavy (non-hydrogen) atoms. The summed E-state index contributed by atoms with van der Waals surface area (Å²) >= 11 is 0. The minimum atomic E-state index is 0.717. The number of nitrogen functional groups attached to an aromatic ring is 2. The topological polar surface area (TPSA) is 61.3 Å². The van der Waals surface area contributed by atoms with Crippen molar-refractivity contribution in [2.75, 3.05) is 11.5 Å². The standard InChI is InChI=1S/C16H14N2O/c17-11-7-9-12(10-8-11)19-16-6-2-3-13-14(16)4-1-5-15(13)18/h1-10H,17-18H2. The third-order valence-electron chi connectivity index (χ3n) is 3.02. The second-order valence-electron chi connectivity index (χ2n) is 4.37. The first-order valence-corrected chi connectivity index (χ1v) is 6.04. The molecule has 0 aliphatic carbocycles. The highest BCUT2D eigenvalue weighted by Gasteiger charge is 2.05. The van der Waals surface area contributed by atoms with Crippen LogP contribution in [0.2, 0.25) is 0 Å². The van der Waals surface area contributed by atoms with E-state index in [2.05, 4.69) is 0 Å². The van der Waals surface area contributed by atoms with Crippen LogP contribution in [-0.4, -0.2) is 0 Å². The Morgan fingerprint density at radius 1 is 0.684 bits per heavy atom. The second kappa shape index (κ2) is 4.53. The zero-order valence-electron chi connectivity index (χ0n) is 10.3. The summed E-state index contributed by atoms with van der Waals surface area (Å²) in [6.07, 6.45) is 0. The molecule has 3 heteroatoms. The summed E-state index contributed by atoms with van der Waals surface area (Å²) in [4.78, 5) is 0. The predicted octanol–water partition coefficient (Wildman–Crippen LogP) is 3.80. The third-order valence-corrected chi connectivity index (χ3v) is 3.02. The molecule has 3 aromatic carbocycles. The summed E-state index contributed by atoms with van der Waals surface area (Å²) in [5.74, 6) is 1.54. The molecule has 0 bridgehead atoms. The summed E-state index contributed by atoms with van der Waals surface area (Å²) in [7, 11) is 0. The molecule has 0 heterocycles. The molecule has 0 saturated heterocycles. The molecular weight excluding hydrogens is 236 g/mol. The van der Waals surface area contributed by atoms with E-state index in [0.717, 1.165) is 33.6 Å². The minimum absolute atomic E-state index is 0.717. The number of benzene rings is 3. The number of hydrogen-bond acceptors (Lipinski definition) is 3. The maximum Gasteiger partial charge on any atom is 0.135 e. The van der Waals surface area contributed by atoms with Crippen LogP contribution in [0.3, 0.4) is 0 Å². The number of anilines is 2. The summed E-state index contributed by atoms with van der Waals surface area (Å²) < 4.78 is 5.89. The fourth-order valence-electron chi connectivity index (χ4n) is 2.06. The van der Waals surface area contributed by atoms with Gasteiger partial charge in [-0.25, -0.2) is 0 Å². The molecule has 0 aromatic heterocycles. The Labute approximate surface area is 111 Å². The Morgan fingerprint density at radius 3 is 2.16 bits per heavy atom. The zero-order valence-corrected chi connectivity index (χ0v) is 10.3. The van der Waals surface area contributed by atoms with Crippen LogP contribution in [0.4, 0.5) is 11.4 Å². The maximum absolute atomic E-state index is 5.97. The number of ether oxygens (including phenoxy) is 1. The van der Waals surface area contributed by atoms with Crippen molar-refractivity contribution in [3.05, 3.63) is 60.7 Å². The fourth-order valence-corrected chi connectivity index (χ4v) is 2.06. The molecule has 0 fully saturated rings. The molecule has 0 radical (unpaired) electrons. The molecule has 0 atom stereocenters. The monoisotopic (exact) mass is 250 g/mol. The smallest absolute Gasteiger partial charge is 0.135 e. The molecule has 3 nitrogen and oxygen atoms in total. The Hall–Kier alpha value is -2.68. The van der Waals surface area contributed by atoms with E-state index in [4.69, 9.17) is 16.2 Å². The molecule has 0 spiro atoms. The molecule has 0 aliphatic heterocycles. The van der Waals surface area contributed by atoms with Gasteiger partial charge in [0.1, 0.15) is 11.5 Å². The lowest BCUT2D eigenvalue weighted by molar-refractivity contribution is 0.488. The van der Waals surface area contributed by atoms with Gasteiger partial charge in [-0.1, -0.05) is 24.3 Å². The van der Waals surface area contributed by atoms with Crippen LogP contribution < -0.4 is 16.2 Å². The van der Waals surface area contributed by atoms with E-state index in [9.17, 15) is 0 Å². The number of fused-ring (bicyclic) bond motifs is 1. The Morgan fingerprint density at radius 2 is 1.37 bits per heavy atom. The van der Waals surface area contributed by atoms with Crippen molar-refractivity contribution in [1.29, 1.82) is 0 Å². The molecular formula is C16H14N2O. The number of hydrogen-bond donors (Lipinski definition) is 2. The highest BCUT2D eigenvalue weighted by molar-refractivity contribution is 5.96. The molecule has 0 unspecified atom stereocenters. The SMILES string of the molecule is Nc1ccc(Oc2cccc3c(N)cccc23)cc1. The van der Waals surface area contributed by atoms with Gasteiger partial charge in [-0.05, 0) is 36.4 Å². The molecule has 0 saturated carbocycles. The molecule has 3 aromatic rings. The van der Waals surface area contributed by atoms with E-state index in [-0.39, 0.29) is 0 Å². The van der Waals surface area contributed by atoms with Crippen molar-refractivity contribution >= 4 is 22.1 Å². The van der Waals surface area contributed by atoms with Crippen LogP contribution in [0.1, 0.15) is 0 Å². The van der Waals surface area contributed by atoms with Gasteiger partial charge >= 0.3 is 0 Å².